The van der Waals surface area contributed by atoms with Crippen LogP contribution in [0.15, 0.2) is 59.7 Å². The highest BCUT2D eigenvalue weighted by Crippen LogP contribution is 2.13. The third-order valence-corrected chi connectivity index (χ3v) is 4.15. The molecular weight excluding hydrogens is 326 g/mol. The minimum atomic E-state index is -0.284. The van der Waals surface area contributed by atoms with Crippen LogP contribution in [0, 0.1) is 13.8 Å². The Morgan fingerprint density at radius 2 is 1.85 bits per heavy atom. The van der Waals surface area contributed by atoms with E-state index in [0.29, 0.717) is 17.8 Å². The second-order valence-electron chi connectivity index (χ2n) is 6.05. The van der Waals surface area contributed by atoms with E-state index in [4.69, 9.17) is 5.73 Å². The number of nitrogens with zero attached hydrogens (tertiary/aromatic N) is 3. The number of hydrogen-bond donors (Lipinski definition) is 2. The van der Waals surface area contributed by atoms with Crippen LogP contribution in [0.2, 0.25) is 0 Å². The first-order chi connectivity index (χ1) is 12.5. The van der Waals surface area contributed by atoms with Crippen LogP contribution >= 0.6 is 0 Å². The minimum absolute atomic E-state index is 0.284. The molecule has 132 valence electrons. The molecule has 0 saturated carbocycles. The van der Waals surface area contributed by atoms with Crippen LogP contribution in [0.5, 0.6) is 0 Å². The maximum Gasteiger partial charge on any atom is 0.271 e. The normalized spacial score (nSPS) is 11.0. The predicted molar refractivity (Wildman–Crippen MR) is 103 cm³/mol. The molecule has 0 fully saturated rings. The maximum atomic E-state index is 12.1. The SMILES string of the molecule is Cc1nn(Cc2ccccc2)c(C)c1/C=N\NC(=O)c1ccc(N)cc1. The summed E-state index contributed by atoms with van der Waals surface area (Å²) in [6.07, 6.45) is 1.63. The molecule has 26 heavy (non-hydrogen) atoms. The van der Waals surface area contributed by atoms with Gasteiger partial charge in [0.05, 0.1) is 18.5 Å². The van der Waals surface area contributed by atoms with E-state index in [1.807, 2.05) is 36.7 Å². The van der Waals surface area contributed by atoms with E-state index in [1.165, 1.54) is 5.56 Å². The molecule has 0 aliphatic rings. The summed E-state index contributed by atoms with van der Waals surface area (Å²) >= 11 is 0. The molecule has 0 aliphatic carbocycles. The number of benzene rings is 2. The van der Waals surface area contributed by atoms with Crippen LogP contribution in [0.1, 0.15) is 32.9 Å². The van der Waals surface area contributed by atoms with Gasteiger partial charge in [0.2, 0.25) is 0 Å². The van der Waals surface area contributed by atoms with Crippen LogP contribution in [0.4, 0.5) is 5.69 Å². The lowest BCUT2D eigenvalue weighted by atomic mass is 10.2. The molecule has 0 saturated heterocycles. The Hall–Kier alpha value is -3.41. The number of hydrogen-bond acceptors (Lipinski definition) is 4. The van der Waals surface area contributed by atoms with Crippen molar-refractivity contribution in [3.05, 3.63) is 82.7 Å². The zero-order valence-electron chi connectivity index (χ0n) is 14.8. The number of aryl methyl sites for hydroxylation is 1. The fourth-order valence-electron chi connectivity index (χ4n) is 2.66. The summed E-state index contributed by atoms with van der Waals surface area (Å²) in [5.74, 6) is -0.284. The number of aromatic nitrogens is 2. The summed E-state index contributed by atoms with van der Waals surface area (Å²) in [6, 6.07) is 16.8. The average molecular weight is 347 g/mol. The first kappa shape index (κ1) is 17.4. The largest absolute Gasteiger partial charge is 0.399 e. The van der Waals surface area contributed by atoms with Crippen molar-refractivity contribution in [3.63, 3.8) is 0 Å². The van der Waals surface area contributed by atoms with Crippen molar-refractivity contribution < 1.29 is 4.79 Å². The number of rotatable bonds is 5. The molecule has 0 unspecified atom stereocenters. The van der Waals surface area contributed by atoms with Crippen LogP contribution in [0.25, 0.3) is 0 Å². The van der Waals surface area contributed by atoms with Crippen LogP contribution in [-0.2, 0) is 6.54 Å². The number of hydrazone groups is 1. The lowest BCUT2D eigenvalue weighted by Gasteiger charge is -2.04. The molecule has 0 atom stereocenters. The van der Waals surface area contributed by atoms with Crippen molar-refractivity contribution in [1.82, 2.24) is 15.2 Å². The van der Waals surface area contributed by atoms with Crippen molar-refractivity contribution in [2.45, 2.75) is 20.4 Å². The van der Waals surface area contributed by atoms with E-state index < -0.39 is 0 Å². The summed E-state index contributed by atoms with van der Waals surface area (Å²) in [5.41, 5.74) is 13.2. The predicted octanol–water partition coefficient (Wildman–Crippen LogP) is 2.89. The van der Waals surface area contributed by atoms with Crippen molar-refractivity contribution >= 4 is 17.8 Å². The highest BCUT2D eigenvalue weighted by atomic mass is 16.2. The number of amides is 1. The van der Waals surface area contributed by atoms with Crippen molar-refractivity contribution in [2.24, 2.45) is 5.10 Å². The summed E-state index contributed by atoms with van der Waals surface area (Å²) in [4.78, 5) is 12.1. The number of nitrogens with one attached hydrogen (secondary N) is 1. The van der Waals surface area contributed by atoms with E-state index in [2.05, 4.69) is 27.8 Å². The molecule has 0 bridgehead atoms. The molecule has 1 heterocycles. The third-order valence-electron chi connectivity index (χ3n) is 4.15. The second kappa shape index (κ2) is 7.65. The highest BCUT2D eigenvalue weighted by molar-refractivity contribution is 5.95. The van der Waals surface area contributed by atoms with E-state index >= 15 is 0 Å². The van der Waals surface area contributed by atoms with Gasteiger partial charge in [-0.3, -0.25) is 9.48 Å². The number of carbonyl (C=O) groups is 1. The number of nitrogens with two attached hydrogens (primary N) is 1. The van der Waals surface area contributed by atoms with Gasteiger partial charge in [-0.15, -0.1) is 0 Å². The topological polar surface area (TPSA) is 85.3 Å². The van der Waals surface area contributed by atoms with Crippen molar-refractivity contribution in [1.29, 1.82) is 0 Å². The quantitative estimate of drug-likeness (QED) is 0.423. The first-order valence-electron chi connectivity index (χ1n) is 8.31. The van der Waals surface area contributed by atoms with Gasteiger partial charge in [0.15, 0.2) is 0 Å². The first-order valence-corrected chi connectivity index (χ1v) is 8.31. The summed E-state index contributed by atoms with van der Waals surface area (Å²) in [5, 5.41) is 8.64. The standard InChI is InChI=1S/C20H21N5O/c1-14-19(12-22-23-20(26)17-8-10-18(21)11-9-17)15(2)25(24-14)13-16-6-4-3-5-7-16/h3-12H,13,21H2,1-2H3,(H,23,26)/b22-12-. The van der Waals surface area contributed by atoms with E-state index in [9.17, 15) is 4.79 Å². The molecule has 2 aromatic carbocycles. The number of nitrogen functional groups attached to an aromatic ring is 1. The Labute approximate surface area is 152 Å². The van der Waals surface area contributed by atoms with Gasteiger partial charge < -0.3 is 5.73 Å². The van der Waals surface area contributed by atoms with Gasteiger partial charge in [0, 0.05) is 22.5 Å². The summed E-state index contributed by atoms with van der Waals surface area (Å²) < 4.78 is 1.94. The molecule has 0 radical (unpaired) electrons. The third kappa shape index (κ3) is 3.97. The fraction of sp³-hybridized carbons (Fsp3) is 0.150. The van der Waals surface area contributed by atoms with Crippen molar-refractivity contribution in [3.8, 4) is 0 Å². The highest BCUT2D eigenvalue weighted by Gasteiger charge is 2.10. The molecule has 1 aromatic heterocycles. The maximum absolute atomic E-state index is 12.1. The Morgan fingerprint density at radius 3 is 2.54 bits per heavy atom. The molecule has 0 spiro atoms. The van der Waals surface area contributed by atoms with E-state index in [1.54, 1.807) is 30.5 Å². The number of anilines is 1. The number of carbonyl (C=O) groups excluding carboxylic acids is 1. The molecule has 1 amide bonds. The molecule has 3 N–H and O–H groups in total. The molecule has 3 rings (SSSR count). The monoisotopic (exact) mass is 347 g/mol. The summed E-state index contributed by atoms with van der Waals surface area (Å²) in [6.45, 7) is 4.61. The summed E-state index contributed by atoms with van der Waals surface area (Å²) in [7, 11) is 0. The zero-order valence-corrected chi connectivity index (χ0v) is 14.8. The Balaban J connectivity index is 1.70. The van der Waals surface area contributed by atoms with Crippen molar-refractivity contribution in [2.75, 3.05) is 5.73 Å². The van der Waals surface area contributed by atoms with Gasteiger partial charge in [-0.05, 0) is 43.7 Å². The van der Waals surface area contributed by atoms with E-state index in [-0.39, 0.29) is 5.91 Å². The van der Waals surface area contributed by atoms with Gasteiger partial charge in [-0.1, -0.05) is 30.3 Å². The Morgan fingerprint density at radius 1 is 1.15 bits per heavy atom. The molecule has 3 aromatic rings. The lowest BCUT2D eigenvalue weighted by Crippen LogP contribution is -2.17. The van der Waals surface area contributed by atoms with Crippen LogP contribution < -0.4 is 11.2 Å². The van der Waals surface area contributed by atoms with E-state index in [0.717, 1.165) is 17.0 Å². The molecule has 6 heteroatoms. The van der Waals surface area contributed by atoms with Gasteiger partial charge in [0.1, 0.15) is 0 Å². The van der Waals surface area contributed by atoms with Crippen LogP contribution in [-0.4, -0.2) is 21.9 Å². The molecule has 6 nitrogen and oxygen atoms in total. The molecular formula is C20H21N5O. The Kier molecular flexibility index (Phi) is 5.12. The zero-order chi connectivity index (χ0) is 18.5. The van der Waals surface area contributed by atoms with Gasteiger partial charge in [0.25, 0.3) is 5.91 Å². The van der Waals surface area contributed by atoms with Gasteiger partial charge >= 0.3 is 0 Å². The van der Waals surface area contributed by atoms with Gasteiger partial charge in [-0.25, -0.2) is 5.43 Å². The lowest BCUT2D eigenvalue weighted by molar-refractivity contribution is 0.0955. The second-order valence-corrected chi connectivity index (χ2v) is 6.05. The Bertz CT molecular complexity index is 927. The van der Waals surface area contributed by atoms with Gasteiger partial charge in [-0.2, -0.15) is 10.2 Å². The smallest absolute Gasteiger partial charge is 0.271 e. The minimum Gasteiger partial charge on any atom is -0.399 e. The molecule has 0 aliphatic heterocycles. The van der Waals surface area contributed by atoms with Crippen LogP contribution in [0.3, 0.4) is 0 Å². The fourth-order valence-corrected chi connectivity index (χ4v) is 2.66. The average Bonchev–Trinajstić information content (AvgIpc) is 2.90.